The number of alkyl halides is 1. The molecule has 2 aromatic rings. The normalized spacial score (nSPS) is 19.9. The first-order valence-electron chi connectivity index (χ1n) is 6.39. The van der Waals surface area contributed by atoms with Gasteiger partial charge in [0, 0.05) is 22.8 Å². The molecule has 0 amide bonds. The Morgan fingerprint density at radius 1 is 1.50 bits per heavy atom. The Labute approximate surface area is 119 Å². The van der Waals surface area contributed by atoms with Gasteiger partial charge in [0.15, 0.2) is 0 Å². The van der Waals surface area contributed by atoms with Crippen LogP contribution in [0.4, 0.5) is 5.82 Å². The van der Waals surface area contributed by atoms with Gasteiger partial charge in [-0.25, -0.2) is 9.97 Å². The molecule has 3 nitrogen and oxygen atoms in total. The first-order valence-corrected chi connectivity index (χ1v) is 8.33. The molecule has 2 aromatic heterocycles. The molecule has 18 heavy (non-hydrogen) atoms. The van der Waals surface area contributed by atoms with Crippen molar-refractivity contribution < 1.29 is 0 Å². The molecule has 1 aliphatic rings. The Balaban J connectivity index is 2.07. The minimum absolute atomic E-state index is 0.577. The van der Waals surface area contributed by atoms with E-state index in [9.17, 15) is 0 Å². The number of rotatable bonds is 3. The lowest BCUT2D eigenvalue weighted by Gasteiger charge is -2.24. The molecule has 1 unspecified atom stereocenters. The minimum Gasteiger partial charge on any atom is -0.352 e. The van der Waals surface area contributed by atoms with Crippen molar-refractivity contribution in [2.75, 3.05) is 16.8 Å². The van der Waals surface area contributed by atoms with Crippen molar-refractivity contribution in [3.63, 3.8) is 0 Å². The van der Waals surface area contributed by atoms with Crippen LogP contribution in [0.5, 0.6) is 0 Å². The van der Waals surface area contributed by atoms with Crippen molar-refractivity contribution in [1.82, 2.24) is 9.97 Å². The molecule has 5 heteroatoms. The Kier molecular flexibility index (Phi) is 3.52. The number of aromatic nitrogens is 2. The second-order valence-corrected chi connectivity index (χ2v) is 6.39. The topological polar surface area (TPSA) is 29.0 Å². The van der Waals surface area contributed by atoms with Crippen LogP contribution >= 0.6 is 27.3 Å². The fraction of sp³-hybridized carbons (Fsp3) is 0.538. The molecule has 1 fully saturated rings. The molecular weight excluding hydrogens is 310 g/mol. The van der Waals surface area contributed by atoms with Crippen molar-refractivity contribution in [1.29, 1.82) is 0 Å². The molecule has 1 atom stereocenters. The molecule has 1 saturated heterocycles. The third kappa shape index (κ3) is 2.03. The molecule has 96 valence electrons. The molecular formula is C13H16BrN3S. The summed E-state index contributed by atoms with van der Waals surface area (Å²) in [5, 5.41) is 2.25. The number of aryl methyl sites for hydroxylation is 1. The van der Waals surface area contributed by atoms with Crippen molar-refractivity contribution in [2.24, 2.45) is 0 Å². The van der Waals surface area contributed by atoms with E-state index in [1.807, 2.05) is 0 Å². The van der Waals surface area contributed by atoms with E-state index in [4.69, 9.17) is 0 Å². The Morgan fingerprint density at radius 3 is 3.17 bits per heavy atom. The standard InChI is InChI=1S/C13H16BrN3S/c1-2-10-6-11-12(15-8-16-13(11)18-10)17-5-3-4-9(17)7-14/h6,8-9H,2-5,7H2,1H3. The summed E-state index contributed by atoms with van der Waals surface area (Å²) in [6.45, 7) is 3.30. The SMILES string of the molecule is CCc1cc2c(N3CCCC3CBr)ncnc2s1. The van der Waals surface area contributed by atoms with Gasteiger partial charge in [-0.15, -0.1) is 11.3 Å². The molecule has 3 rings (SSSR count). The summed E-state index contributed by atoms with van der Waals surface area (Å²) in [6, 6.07) is 2.84. The average Bonchev–Trinajstić information content (AvgIpc) is 3.03. The van der Waals surface area contributed by atoms with Gasteiger partial charge >= 0.3 is 0 Å². The lowest BCUT2D eigenvalue weighted by atomic mass is 10.2. The Bertz CT molecular complexity index is 554. The van der Waals surface area contributed by atoms with Crippen LogP contribution in [0, 0.1) is 0 Å². The predicted molar refractivity (Wildman–Crippen MR) is 81.0 cm³/mol. The number of thiophene rings is 1. The van der Waals surface area contributed by atoms with E-state index in [-0.39, 0.29) is 0 Å². The maximum absolute atomic E-state index is 4.54. The number of hydrogen-bond donors (Lipinski definition) is 0. The Hall–Kier alpha value is -0.680. The van der Waals surface area contributed by atoms with E-state index in [2.05, 4.69) is 43.8 Å². The molecule has 0 aliphatic carbocycles. The van der Waals surface area contributed by atoms with E-state index >= 15 is 0 Å². The molecule has 0 spiro atoms. The van der Waals surface area contributed by atoms with Crippen LogP contribution in [0.2, 0.25) is 0 Å². The number of fused-ring (bicyclic) bond motifs is 1. The van der Waals surface area contributed by atoms with Crippen molar-refractivity contribution in [3.8, 4) is 0 Å². The smallest absolute Gasteiger partial charge is 0.141 e. The van der Waals surface area contributed by atoms with Crippen LogP contribution in [-0.2, 0) is 6.42 Å². The second-order valence-electron chi connectivity index (χ2n) is 4.63. The van der Waals surface area contributed by atoms with Crippen LogP contribution in [0.15, 0.2) is 12.4 Å². The summed E-state index contributed by atoms with van der Waals surface area (Å²) in [4.78, 5) is 13.9. The maximum Gasteiger partial charge on any atom is 0.141 e. The summed E-state index contributed by atoms with van der Waals surface area (Å²) in [7, 11) is 0. The van der Waals surface area contributed by atoms with Crippen LogP contribution in [0.25, 0.3) is 10.2 Å². The number of anilines is 1. The number of halogens is 1. The van der Waals surface area contributed by atoms with E-state index in [1.165, 1.54) is 23.1 Å². The van der Waals surface area contributed by atoms with Gasteiger partial charge in [0.25, 0.3) is 0 Å². The van der Waals surface area contributed by atoms with E-state index in [0.717, 1.165) is 28.9 Å². The van der Waals surface area contributed by atoms with Gasteiger partial charge in [-0.05, 0) is 25.3 Å². The van der Waals surface area contributed by atoms with Gasteiger partial charge in [-0.1, -0.05) is 22.9 Å². The molecule has 0 radical (unpaired) electrons. The third-order valence-electron chi connectivity index (χ3n) is 3.54. The monoisotopic (exact) mass is 325 g/mol. The van der Waals surface area contributed by atoms with E-state index in [0.29, 0.717) is 6.04 Å². The van der Waals surface area contributed by atoms with Gasteiger partial charge in [0.1, 0.15) is 17.0 Å². The zero-order valence-electron chi connectivity index (χ0n) is 10.4. The highest BCUT2D eigenvalue weighted by atomic mass is 79.9. The van der Waals surface area contributed by atoms with Gasteiger partial charge < -0.3 is 4.90 Å². The second kappa shape index (κ2) is 5.13. The summed E-state index contributed by atoms with van der Waals surface area (Å²) < 4.78 is 0. The minimum atomic E-state index is 0.577. The highest BCUT2D eigenvalue weighted by Gasteiger charge is 2.26. The van der Waals surface area contributed by atoms with E-state index < -0.39 is 0 Å². The van der Waals surface area contributed by atoms with Crippen molar-refractivity contribution in [3.05, 3.63) is 17.3 Å². The number of hydrogen-bond acceptors (Lipinski definition) is 4. The molecule has 0 bridgehead atoms. The molecule has 3 heterocycles. The lowest BCUT2D eigenvalue weighted by Crippen LogP contribution is -2.31. The quantitative estimate of drug-likeness (QED) is 0.807. The maximum atomic E-state index is 4.54. The van der Waals surface area contributed by atoms with Gasteiger partial charge in [-0.3, -0.25) is 0 Å². The van der Waals surface area contributed by atoms with Gasteiger partial charge in [0.05, 0.1) is 5.39 Å². The van der Waals surface area contributed by atoms with Crippen LogP contribution in [-0.4, -0.2) is 27.9 Å². The fourth-order valence-electron chi connectivity index (χ4n) is 2.57. The molecule has 0 aromatic carbocycles. The van der Waals surface area contributed by atoms with Crippen molar-refractivity contribution >= 4 is 43.3 Å². The van der Waals surface area contributed by atoms with Crippen molar-refractivity contribution in [2.45, 2.75) is 32.2 Å². The lowest BCUT2D eigenvalue weighted by molar-refractivity contribution is 0.743. The average molecular weight is 326 g/mol. The highest BCUT2D eigenvalue weighted by Crippen LogP contribution is 2.34. The fourth-order valence-corrected chi connectivity index (χ4v) is 4.17. The Morgan fingerprint density at radius 2 is 2.39 bits per heavy atom. The zero-order valence-corrected chi connectivity index (χ0v) is 12.8. The van der Waals surface area contributed by atoms with Gasteiger partial charge in [0.2, 0.25) is 0 Å². The van der Waals surface area contributed by atoms with Crippen LogP contribution in [0.1, 0.15) is 24.6 Å². The molecule has 0 N–H and O–H groups in total. The van der Waals surface area contributed by atoms with E-state index in [1.54, 1.807) is 17.7 Å². The summed E-state index contributed by atoms with van der Waals surface area (Å²) in [5.41, 5.74) is 0. The highest BCUT2D eigenvalue weighted by molar-refractivity contribution is 9.09. The largest absolute Gasteiger partial charge is 0.352 e. The molecule has 1 aliphatic heterocycles. The first-order chi connectivity index (χ1) is 8.83. The van der Waals surface area contributed by atoms with Gasteiger partial charge in [-0.2, -0.15) is 0 Å². The molecule has 0 saturated carbocycles. The summed E-state index contributed by atoms with van der Waals surface area (Å²) in [5.74, 6) is 1.12. The zero-order chi connectivity index (χ0) is 12.5. The third-order valence-corrected chi connectivity index (χ3v) is 5.47. The van der Waals surface area contributed by atoms with Crippen LogP contribution < -0.4 is 4.90 Å². The first kappa shape index (κ1) is 12.4. The summed E-state index contributed by atoms with van der Waals surface area (Å²) >= 11 is 5.40. The summed E-state index contributed by atoms with van der Waals surface area (Å²) in [6.07, 6.45) is 5.29. The van der Waals surface area contributed by atoms with Crippen LogP contribution in [0.3, 0.4) is 0 Å². The predicted octanol–water partition coefficient (Wildman–Crippen LogP) is 3.62. The number of nitrogens with zero attached hydrogens (tertiary/aromatic N) is 3.